The average Bonchev–Trinajstić information content (AvgIpc) is 3.39. The second-order valence-electron chi connectivity index (χ2n) is 7.52. The molecule has 1 atom stereocenters. The molecule has 4 aromatic rings. The zero-order chi connectivity index (χ0) is 20.7. The molecule has 1 unspecified atom stereocenters. The van der Waals surface area contributed by atoms with Crippen molar-refractivity contribution in [2.75, 3.05) is 6.54 Å². The molecule has 1 aliphatic rings. The van der Waals surface area contributed by atoms with Gasteiger partial charge >= 0.3 is 0 Å². The normalized spacial score (nSPS) is 16.1. The van der Waals surface area contributed by atoms with E-state index < -0.39 is 11.9 Å². The quantitative estimate of drug-likeness (QED) is 0.409. The molecule has 1 N–H and O–H groups in total. The van der Waals surface area contributed by atoms with Gasteiger partial charge in [0.2, 0.25) is 5.91 Å². The maximum absolute atomic E-state index is 15.0. The molecule has 3 heterocycles. The Labute approximate surface area is 183 Å². The van der Waals surface area contributed by atoms with Gasteiger partial charge in [0.05, 0.1) is 0 Å². The number of carbonyl (C=O) groups excluding carboxylic acids is 1. The Morgan fingerprint density at radius 3 is 2.83 bits per heavy atom. The molecule has 1 aliphatic heterocycles. The van der Waals surface area contributed by atoms with Crippen LogP contribution in [0.15, 0.2) is 60.0 Å². The first-order chi connectivity index (χ1) is 14.6. The number of amides is 1. The summed E-state index contributed by atoms with van der Waals surface area (Å²) >= 11 is 8.11. The van der Waals surface area contributed by atoms with Crippen LogP contribution in [-0.4, -0.2) is 22.3 Å². The number of carbonyl (C=O) groups is 1. The van der Waals surface area contributed by atoms with Gasteiger partial charge in [-0.15, -0.1) is 11.3 Å². The summed E-state index contributed by atoms with van der Waals surface area (Å²) in [6.07, 6.45) is 1.80. The van der Waals surface area contributed by atoms with E-state index in [1.807, 2.05) is 35.7 Å². The van der Waals surface area contributed by atoms with Crippen molar-refractivity contribution in [1.82, 2.24) is 9.88 Å². The van der Waals surface area contributed by atoms with Crippen molar-refractivity contribution in [3.63, 3.8) is 0 Å². The number of benzene rings is 2. The van der Waals surface area contributed by atoms with Crippen molar-refractivity contribution in [1.29, 1.82) is 0 Å². The number of nitrogens with zero attached hydrogens (tertiary/aromatic N) is 1. The van der Waals surface area contributed by atoms with Crippen LogP contribution in [-0.2, 0) is 17.6 Å². The van der Waals surface area contributed by atoms with Crippen molar-refractivity contribution in [3.8, 4) is 0 Å². The molecule has 0 bridgehead atoms. The molecule has 0 saturated carbocycles. The van der Waals surface area contributed by atoms with Crippen LogP contribution >= 0.6 is 22.9 Å². The lowest BCUT2D eigenvalue weighted by Gasteiger charge is -2.37. The van der Waals surface area contributed by atoms with Gasteiger partial charge in [-0.2, -0.15) is 0 Å². The molecular formula is C24H20ClFN2OS. The molecule has 30 heavy (non-hydrogen) atoms. The van der Waals surface area contributed by atoms with E-state index >= 15 is 0 Å². The standard InChI is InChI=1S/C24H20ClFN2OS/c25-18-7-3-8-19(26)22(18)24-23-17(16-6-1-2-9-20(16)27-23)12-13-28(24)21(29)11-10-15-5-4-14-30-15/h1-9,14,24,27H,10-13H2. The number of hydrogen-bond donors (Lipinski definition) is 1. The summed E-state index contributed by atoms with van der Waals surface area (Å²) in [5, 5.41) is 3.47. The monoisotopic (exact) mass is 438 g/mol. The lowest BCUT2D eigenvalue weighted by molar-refractivity contribution is -0.133. The van der Waals surface area contributed by atoms with E-state index in [2.05, 4.69) is 11.1 Å². The fourth-order valence-corrected chi connectivity index (χ4v) is 5.39. The van der Waals surface area contributed by atoms with Gasteiger partial charge in [-0.25, -0.2) is 4.39 Å². The topological polar surface area (TPSA) is 36.1 Å². The number of halogens is 2. The first-order valence-electron chi connectivity index (χ1n) is 9.98. The second kappa shape index (κ2) is 7.89. The van der Waals surface area contributed by atoms with Gasteiger partial charge in [0.25, 0.3) is 0 Å². The second-order valence-corrected chi connectivity index (χ2v) is 8.96. The van der Waals surface area contributed by atoms with Gasteiger partial charge in [0, 0.05) is 45.0 Å². The number of nitrogens with one attached hydrogen (secondary N) is 1. The number of aromatic amines is 1. The first kappa shape index (κ1) is 19.3. The Kier molecular flexibility index (Phi) is 5.09. The predicted molar refractivity (Wildman–Crippen MR) is 120 cm³/mol. The van der Waals surface area contributed by atoms with Gasteiger partial charge in [0.15, 0.2) is 0 Å². The molecule has 0 fully saturated rings. The summed E-state index contributed by atoms with van der Waals surface area (Å²) in [5.41, 5.74) is 3.35. The molecular weight excluding hydrogens is 419 g/mol. The van der Waals surface area contributed by atoms with Crippen LogP contribution in [0.4, 0.5) is 4.39 Å². The third kappa shape index (κ3) is 3.32. The van der Waals surface area contributed by atoms with Gasteiger partial charge in [0.1, 0.15) is 11.9 Å². The van der Waals surface area contributed by atoms with Crippen molar-refractivity contribution < 1.29 is 9.18 Å². The summed E-state index contributed by atoms with van der Waals surface area (Å²) in [5.74, 6) is -0.382. The lowest BCUT2D eigenvalue weighted by atomic mass is 9.91. The van der Waals surface area contributed by atoms with Crippen molar-refractivity contribution in [3.05, 3.63) is 92.5 Å². The van der Waals surface area contributed by atoms with E-state index in [0.717, 1.165) is 28.6 Å². The fraction of sp³-hybridized carbons (Fsp3) is 0.208. The van der Waals surface area contributed by atoms with Crippen LogP contribution in [0.2, 0.25) is 5.02 Å². The molecule has 1 amide bonds. The Hall–Kier alpha value is -2.63. The van der Waals surface area contributed by atoms with Crippen LogP contribution in [0.5, 0.6) is 0 Å². The van der Waals surface area contributed by atoms with Crippen molar-refractivity contribution >= 4 is 39.7 Å². The summed E-state index contributed by atoms with van der Waals surface area (Å²) in [6.45, 7) is 0.535. The number of hydrogen-bond acceptors (Lipinski definition) is 2. The first-order valence-corrected chi connectivity index (χ1v) is 11.2. The highest BCUT2D eigenvalue weighted by molar-refractivity contribution is 7.09. The number of aromatic nitrogens is 1. The van der Waals surface area contributed by atoms with Gasteiger partial charge in [-0.1, -0.05) is 41.9 Å². The zero-order valence-electron chi connectivity index (χ0n) is 16.2. The summed E-state index contributed by atoms with van der Waals surface area (Å²) in [6, 6.07) is 16.2. The average molecular weight is 439 g/mol. The Morgan fingerprint density at radius 2 is 2.03 bits per heavy atom. The van der Waals surface area contributed by atoms with Gasteiger partial charge in [-0.3, -0.25) is 4.79 Å². The minimum Gasteiger partial charge on any atom is -0.356 e. The molecule has 0 spiro atoms. The molecule has 3 nitrogen and oxygen atoms in total. The molecule has 6 heteroatoms. The lowest BCUT2D eigenvalue weighted by Crippen LogP contribution is -2.41. The van der Waals surface area contributed by atoms with Crippen molar-refractivity contribution in [2.24, 2.45) is 0 Å². The van der Waals surface area contributed by atoms with Crippen LogP contribution in [0.3, 0.4) is 0 Å². The minimum atomic E-state index is -0.564. The number of para-hydroxylation sites is 1. The Balaban J connectivity index is 1.59. The fourth-order valence-electron chi connectivity index (χ4n) is 4.41. The molecule has 0 aliphatic carbocycles. The van der Waals surface area contributed by atoms with E-state index in [9.17, 15) is 9.18 Å². The van der Waals surface area contributed by atoms with Crippen LogP contribution in [0, 0.1) is 5.82 Å². The number of H-pyrrole nitrogens is 1. The smallest absolute Gasteiger partial charge is 0.223 e. The summed E-state index contributed by atoms with van der Waals surface area (Å²) in [7, 11) is 0. The number of aryl methyl sites for hydroxylation is 1. The van der Waals surface area contributed by atoms with E-state index in [1.54, 1.807) is 28.4 Å². The molecule has 0 radical (unpaired) electrons. The maximum atomic E-state index is 15.0. The largest absolute Gasteiger partial charge is 0.356 e. The number of thiophene rings is 1. The highest BCUT2D eigenvalue weighted by atomic mass is 35.5. The van der Waals surface area contributed by atoms with Crippen LogP contribution < -0.4 is 0 Å². The maximum Gasteiger partial charge on any atom is 0.223 e. The highest BCUT2D eigenvalue weighted by Gasteiger charge is 2.36. The summed E-state index contributed by atoms with van der Waals surface area (Å²) in [4.78, 5) is 19.7. The molecule has 152 valence electrons. The van der Waals surface area contributed by atoms with Crippen LogP contribution in [0.25, 0.3) is 10.9 Å². The number of fused-ring (bicyclic) bond motifs is 3. The number of rotatable bonds is 4. The Bertz CT molecular complexity index is 1200. The highest BCUT2D eigenvalue weighted by Crippen LogP contribution is 2.42. The summed E-state index contributed by atoms with van der Waals surface area (Å²) < 4.78 is 15.0. The van der Waals surface area contributed by atoms with E-state index in [-0.39, 0.29) is 5.91 Å². The van der Waals surface area contributed by atoms with Crippen LogP contribution in [0.1, 0.15) is 34.2 Å². The SMILES string of the molecule is O=C(CCc1cccs1)N1CCc2c([nH]c3ccccc23)C1c1c(F)cccc1Cl. The molecule has 2 aromatic carbocycles. The zero-order valence-corrected chi connectivity index (χ0v) is 17.8. The van der Waals surface area contributed by atoms with E-state index in [0.29, 0.717) is 30.0 Å². The molecule has 2 aromatic heterocycles. The third-order valence-corrected chi connectivity index (χ3v) is 7.06. The molecule has 0 saturated heterocycles. The van der Waals surface area contributed by atoms with Crippen molar-refractivity contribution in [2.45, 2.75) is 25.3 Å². The Morgan fingerprint density at radius 1 is 1.17 bits per heavy atom. The van der Waals surface area contributed by atoms with E-state index in [1.165, 1.54) is 10.9 Å². The van der Waals surface area contributed by atoms with E-state index in [4.69, 9.17) is 11.6 Å². The molecule has 5 rings (SSSR count). The predicted octanol–water partition coefficient (Wildman–Crippen LogP) is 6.13. The minimum absolute atomic E-state index is 0.0111. The van der Waals surface area contributed by atoms with Gasteiger partial charge < -0.3 is 9.88 Å². The third-order valence-electron chi connectivity index (χ3n) is 5.79. The van der Waals surface area contributed by atoms with Gasteiger partial charge in [-0.05, 0) is 48.1 Å².